The number of H-pyrrole nitrogens is 1. The molecule has 0 amide bonds. The summed E-state index contributed by atoms with van der Waals surface area (Å²) in [5.74, 6) is 1.44. The van der Waals surface area contributed by atoms with Crippen molar-refractivity contribution in [2.24, 2.45) is 10.2 Å². The topological polar surface area (TPSA) is 78.8 Å². The van der Waals surface area contributed by atoms with Crippen LogP contribution in [0, 0.1) is 0 Å². The van der Waals surface area contributed by atoms with Gasteiger partial charge in [0.2, 0.25) is 0 Å². The van der Waals surface area contributed by atoms with Gasteiger partial charge in [-0.25, -0.2) is 0 Å². The number of nitrogens with zero attached hydrogens (tertiary/aromatic N) is 2. The van der Waals surface area contributed by atoms with E-state index in [0.717, 1.165) is 44.5 Å². The summed E-state index contributed by atoms with van der Waals surface area (Å²) in [6, 6.07) is 17.4. The molecule has 0 radical (unpaired) electrons. The fraction of sp³-hybridized carbons (Fsp3) is 0.0952. The minimum atomic E-state index is -0.131. The van der Waals surface area contributed by atoms with E-state index in [1.165, 1.54) is 0 Å². The summed E-state index contributed by atoms with van der Waals surface area (Å²) in [7, 11) is 0. The maximum Gasteiger partial charge on any atom is 0.306 e. The molecule has 0 aliphatic carbocycles. The Morgan fingerprint density at radius 2 is 1.93 bits per heavy atom. The van der Waals surface area contributed by atoms with Gasteiger partial charge in [0, 0.05) is 16.8 Å². The molecule has 0 atom stereocenters. The number of benzene rings is 2. The lowest BCUT2D eigenvalue weighted by atomic mass is 10.0. The molecule has 3 aromatic rings. The van der Waals surface area contributed by atoms with Gasteiger partial charge in [-0.15, -0.1) is 5.10 Å². The Balaban J connectivity index is 1.61. The first-order valence-electron chi connectivity index (χ1n) is 8.84. The Bertz CT molecular complexity index is 1110. The van der Waals surface area contributed by atoms with Crippen molar-refractivity contribution in [2.75, 3.05) is 11.9 Å². The highest BCUT2D eigenvalue weighted by atomic mass is 32.1. The van der Waals surface area contributed by atoms with Crippen LogP contribution in [0.2, 0.25) is 0 Å². The van der Waals surface area contributed by atoms with Crippen molar-refractivity contribution in [3.8, 4) is 5.75 Å². The van der Waals surface area contributed by atoms with Crippen LogP contribution in [0.5, 0.6) is 5.75 Å². The van der Waals surface area contributed by atoms with Crippen LogP contribution in [0.15, 0.2) is 75.2 Å². The SMILES string of the molecule is CCOc1ccc(Nc2[nH]c(=O)sc2C=C2C=NN=C2c2ccccc2)cc1. The second-order valence-electron chi connectivity index (χ2n) is 6.00. The number of aromatic nitrogens is 1. The van der Waals surface area contributed by atoms with Crippen LogP contribution in [0.4, 0.5) is 11.5 Å². The zero-order valence-corrected chi connectivity index (χ0v) is 16.0. The molecule has 28 heavy (non-hydrogen) atoms. The van der Waals surface area contributed by atoms with E-state index in [4.69, 9.17) is 4.74 Å². The highest BCUT2D eigenvalue weighted by Gasteiger charge is 2.15. The molecule has 2 aromatic carbocycles. The van der Waals surface area contributed by atoms with Crippen LogP contribution in [0.1, 0.15) is 17.4 Å². The lowest BCUT2D eigenvalue weighted by Gasteiger charge is -2.08. The van der Waals surface area contributed by atoms with Crippen LogP contribution in [-0.2, 0) is 0 Å². The van der Waals surface area contributed by atoms with Gasteiger partial charge in [-0.2, -0.15) is 5.10 Å². The van der Waals surface area contributed by atoms with Crippen molar-refractivity contribution in [1.29, 1.82) is 0 Å². The molecule has 0 saturated heterocycles. The molecule has 0 spiro atoms. The molecule has 0 unspecified atom stereocenters. The average Bonchev–Trinajstić information content (AvgIpc) is 3.31. The van der Waals surface area contributed by atoms with Gasteiger partial charge in [-0.1, -0.05) is 41.7 Å². The van der Waals surface area contributed by atoms with Crippen molar-refractivity contribution in [1.82, 2.24) is 4.98 Å². The molecular weight excluding hydrogens is 372 g/mol. The van der Waals surface area contributed by atoms with Gasteiger partial charge in [0.1, 0.15) is 17.3 Å². The molecule has 2 heterocycles. The number of allylic oxidation sites excluding steroid dienone is 1. The van der Waals surface area contributed by atoms with Crippen LogP contribution >= 0.6 is 11.3 Å². The van der Waals surface area contributed by atoms with Gasteiger partial charge in [-0.05, 0) is 37.3 Å². The summed E-state index contributed by atoms with van der Waals surface area (Å²) in [4.78, 5) is 15.5. The summed E-state index contributed by atoms with van der Waals surface area (Å²) < 4.78 is 5.46. The molecule has 1 aromatic heterocycles. The first kappa shape index (κ1) is 17.9. The lowest BCUT2D eigenvalue weighted by Crippen LogP contribution is -2.02. The fourth-order valence-electron chi connectivity index (χ4n) is 2.82. The highest BCUT2D eigenvalue weighted by Crippen LogP contribution is 2.26. The number of hydrogen-bond acceptors (Lipinski definition) is 6. The van der Waals surface area contributed by atoms with Crippen LogP contribution in [-0.4, -0.2) is 23.5 Å². The Labute approximate surface area is 165 Å². The van der Waals surface area contributed by atoms with Crippen molar-refractivity contribution in [3.63, 3.8) is 0 Å². The summed E-state index contributed by atoms with van der Waals surface area (Å²) in [5.41, 5.74) is 3.48. The van der Waals surface area contributed by atoms with E-state index in [-0.39, 0.29) is 4.87 Å². The number of nitrogens with one attached hydrogen (secondary N) is 2. The van der Waals surface area contributed by atoms with E-state index in [0.29, 0.717) is 12.4 Å². The van der Waals surface area contributed by atoms with E-state index in [1.54, 1.807) is 6.21 Å². The predicted octanol–water partition coefficient (Wildman–Crippen LogP) is 4.45. The van der Waals surface area contributed by atoms with Gasteiger partial charge < -0.3 is 10.1 Å². The number of aromatic amines is 1. The smallest absolute Gasteiger partial charge is 0.306 e. The second-order valence-corrected chi connectivity index (χ2v) is 7.01. The number of thiazole rings is 1. The number of hydrogen-bond donors (Lipinski definition) is 2. The van der Waals surface area contributed by atoms with E-state index < -0.39 is 0 Å². The molecule has 7 heteroatoms. The molecule has 0 saturated carbocycles. The van der Waals surface area contributed by atoms with Crippen LogP contribution in [0.25, 0.3) is 6.08 Å². The molecule has 0 fully saturated rings. The van der Waals surface area contributed by atoms with E-state index in [1.807, 2.05) is 67.6 Å². The van der Waals surface area contributed by atoms with Gasteiger partial charge in [-0.3, -0.25) is 9.78 Å². The zero-order valence-electron chi connectivity index (χ0n) is 15.2. The summed E-state index contributed by atoms with van der Waals surface area (Å²) in [6.07, 6.45) is 3.62. The maximum atomic E-state index is 12.0. The lowest BCUT2D eigenvalue weighted by molar-refractivity contribution is 0.340. The number of rotatable bonds is 6. The van der Waals surface area contributed by atoms with E-state index in [2.05, 4.69) is 20.5 Å². The Hall–Kier alpha value is -3.45. The Morgan fingerprint density at radius 1 is 1.14 bits per heavy atom. The summed E-state index contributed by atoms with van der Waals surface area (Å²) >= 11 is 1.14. The predicted molar refractivity (Wildman–Crippen MR) is 115 cm³/mol. The molecule has 0 bridgehead atoms. The monoisotopic (exact) mass is 390 g/mol. The van der Waals surface area contributed by atoms with Crippen molar-refractivity contribution in [2.45, 2.75) is 6.92 Å². The molecule has 4 rings (SSSR count). The molecule has 1 aliphatic heterocycles. The fourth-order valence-corrected chi connectivity index (χ4v) is 3.56. The first-order chi connectivity index (χ1) is 13.7. The molecule has 1 aliphatic rings. The largest absolute Gasteiger partial charge is 0.494 e. The summed E-state index contributed by atoms with van der Waals surface area (Å²) in [5, 5.41) is 11.5. The van der Waals surface area contributed by atoms with Gasteiger partial charge in [0.25, 0.3) is 0 Å². The average molecular weight is 390 g/mol. The Morgan fingerprint density at radius 3 is 2.68 bits per heavy atom. The maximum absolute atomic E-state index is 12.0. The van der Waals surface area contributed by atoms with Crippen LogP contribution < -0.4 is 14.9 Å². The van der Waals surface area contributed by atoms with Crippen molar-refractivity contribution >= 4 is 40.8 Å². The minimum Gasteiger partial charge on any atom is -0.494 e. The third-order valence-electron chi connectivity index (χ3n) is 4.07. The molecule has 6 nitrogen and oxygen atoms in total. The number of ether oxygens (including phenoxy) is 1. The third kappa shape index (κ3) is 3.94. The second kappa shape index (κ2) is 8.06. The minimum absolute atomic E-state index is 0.131. The van der Waals surface area contributed by atoms with Crippen LogP contribution in [0.3, 0.4) is 0 Å². The van der Waals surface area contributed by atoms with E-state index >= 15 is 0 Å². The molecule has 140 valence electrons. The quantitative estimate of drug-likeness (QED) is 0.653. The molecule has 2 N–H and O–H groups in total. The first-order valence-corrected chi connectivity index (χ1v) is 9.66. The standard InChI is InChI=1S/C21H18N4O2S/c1-2-27-17-10-8-16(9-11-17)23-20-18(28-21(26)24-20)12-15-13-22-25-19(15)14-6-4-3-5-7-14/h3-13,23H,2H2,1H3,(H,24,26). The third-order valence-corrected chi connectivity index (χ3v) is 4.90. The van der Waals surface area contributed by atoms with Gasteiger partial charge >= 0.3 is 4.87 Å². The van der Waals surface area contributed by atoms with Crippen molar-refractivity contribution < 1.29 is 4.74 Å². The van der Waals surface area contributed by atoms with Crippen molar-refractivity contribution in [3.05, 3.63) is 80.3 Å². The van der Waals surface area contributed by atoms with Gasteiger partial charge in [0.15, 0.2) is 0 Å². The Kier molecular flexibility index (Phi) is 5.16. The van der Waals surface area contributed by atoms with E-state index in [9.17, 15) is 4.79 Å². The van der Waals surface area contributed by atoms with Gasteiger partial charge in [0.05, 0.1) is 17.7 Å². The number of anilines is 2. The highest BCUT2D eigenvalue weighted by molar-refractivity contribution is 7.10. The summed E-state index contributed by atoms with van der Waals surface area (Å²) in [6.45, 7) is 2.57. The normalized spacial score (nSPS) is 14.3. The zero-order chi connectivity index (χ0) is 19.3. The molecular formula is C21H18N4O2S.